The smallest absolute Gasteiger partial charge is 0.257 e. The topological polar surface area (TPSA) is 50.8 Å². The Hall–Kier alpha value is -1.75. The van der Waals surface area contributed by atoms with E-state index in [1.165, 1.54) is 0 Å². The predicted octanol–water partition coefficient (Wildman–Crippen LogP) is 2.13. The molecular weight excluding hydrogens is 268 g/mol. The molecule has 1 aromatic rings. The molecule has 1 amide bonds. The van der Waals surface area contributed by atoms with Crippen LogP contribution in [0.1, 0.15) is 30.1 Å². The Morgan fingerprint density at radius 3 is 3.14 bits per heavy atom. The molecule has 1 N–H and O–H groups in total. The Kier molecular flexibility index (Phi) is 3.76. The molecule has 0 radical (unpaired) electrons. The molecule has 5 nitrogen and oxygen atoms in total. The maximum absolute atomic E-state index is 12.8. The second-order valence-electron chi connectivity index (χ2n) is 5.94. The summed E-state index contributed by atoms with van der Waals surface area (Å²) >= 11 is 0. The fourth-order valence-electron chi connectivity index (χ4n) is 3.05. The number of rotatable bonds is 2. The molecule has 1 atom stereocenters. The Morgan fingerprint density at radius 2 is 2.33 bits per heavy atom. The van der Waals surface area contributed by atoms with Gasteiger partial charge in [-0.1, -0.05) is 6.07 Å². The number of nitrogens with zero attached hydrogens (tertiary/aromatic N) is 1. The SMILES string of the molecule is COC1(C)CCCN(C(=O)c2cccc3c2OCCN3)C1. The first-order chi connectivity index (χ1) is 10.1. The molecule has 21 heavy (non-hydrogen) atoms. The molecule has 2 heterocycles. The van der Waals surface area contributed by atoms with Crippen molar-refractivity contribution in [2.45, 2.75) is 25.4 Å². The number of benzene rings is 1. The summed E-state index contributed by atoms with van der Waals surface area (Å²) in [6, 6.07) is 5.68. The lowest BCUT2D eigenvalue weighted by Gasteiger charge is -2.39. The van der Waals surface area contributed by atoms with Crippen molar-refractivity contribution < 1.29 is 14.3 Å². The van der Waals surface area contributed by atoms with Gasteiger partial charge in [-0.05, 0) is 31.9 Å². The van der Waals surface area contributed by atoms with Gasteiger partial charge < -0.3 is 19.7 Å². The van der Waals surface area contributed by atoms with Crippen molar-refractivity contribution in [1.82, 2.24) is 4.90 Å². The molecule has 1 fully saturated rings. The highest BCUT2D eigenvalue weighted by Crippen LogP contribution is 2.33. The summed E-state index contributed by atoms with van der Waals surface area (Å²) in [5.41, 5.74) is 1.29. The number of methoxy groups -OCH3 is 1. The highest BCUT2D eigenvalue weighted by Gasteiger charge is 2.34. The van der Waals surface area contributed by atoms with Gasteiger partial charge in [0.2, 0.25) is 0 Å². The second kappa shape index (κ2) is 5.56. The van der Waals surface area contributed by atoms with E-state index in [0.29, 0.717) is 24.5 Å². The Bertz CT molecular complexity index is 546. The van der Waals surface area contributed by atoms with Crippen LogP contribution < -0.4 is 10.1 Å². The maximum Gasteiger partial charge on any atom is 0.257 e. The summed E-state index contributed by atoms with van der Waals surface area (Å²) in [6.45, 7) is 4.82. The summed E-state index contributed by atoms with van der Waals surface area (Å²) < 4.78 is 11.3. The molecule has 2 aliphatic heterocycles. The first kappa shape index (κ1) is 14.2. The Morgan fingerprint density at radius 1 is 1.48 bits per heavy atom. The van der Waals surface area contributed by atoms with Gasteiger partial charge in [0.05, 0.1) is 16.9 Å². The van der Waals surface area contributed by atoms with Gasteiger partial charge in [0, 0.05) is 26.7 Å². The van der Waals surface area contributed by atoms with Crippen LogP contribution >= 0.6 is 0 Å². The van der Waals surface area contributed by atoms with Gasteiger partial charge in [-0.15, -0.1) is 0 Å². The summed E-state index contributed by atoms with van der Waals surface area (Å²) in [4.78, 5) is 14.7. The number of hydrogen-bond acceptors (Lipinski definition) is 4. The highest BCUT2D eigenvalue weighted by molar-refractivity contribution is 5.99. The number of likely N-dealkylation sites (tertiary alicyclic amines) is 1. The molecule has 1 unspecified atom stereocenters. The fraction of sp³-hybridized carbons (Fsp3) is 0.562. The van der Waals surface area contributed by atoms with Crippen molar-refractivity contribution in [3.63, 3.8) is 0 Å². The fourth-order valence-corrected chi connectivity index (χ4v) is 3.05. The maximum atomic E-state index is 12.8. The van der Waals surface area contributed by atoms with Crippen LogP contribution in [-0.4, -0.2) is 49.8 Å². The summed E-state index contributed by atoms with van der Waals surface area (Å²) in [5, 5.41) is 3.27. The molecular formula is C16H22N2O3. The van der Waals surface area contributed by atoms with Crippen LogP contribution in [-0.2, 0) is 4.74 Å². The number of nitrogens with one attached hydrogen (secondary N) is 1. The molecule has 1 aromatic carbocycles. The number of amides is 1. The van der Waals surface area contributed by atoms with E-state index in [1.54, 1.807) is 7.11 Å². The lowest BCUT2D eigenvalue weighted by molar-refractivity contribution is -0.0440. The Balaban J connectivity index is 1.85. The molecule has 5 heteroatoms. The van der Waals surface area contributed by atoms with Crippen LogP contribution in [0.15, 0.2) is 18.2 Å². The third kappa shape index (κ3) is 2.70. The van der Waals surface area contributed by atoms with Gasteiger partial charge in [0.15, 0.2) is 5.75 Å². The molecule has 3 rings (SSSR count). The monoisotopic (exact) mass is 290 g/mol. The molecule has 114 valence electrons. The average Bonchev–Trinajstić information content (AvgIpc) is 2.54. The van der Waals surface area contributed by atoms with Crippen LogP contribution in [0.25, 0.3) is 0 Å². The second-order valence-corrected chi connectivity index (χ2v) is 5.94. The number of fused-ring (bicyclic) bond motifs is 1. The van der Waals surface area contributed by atoms with Gasteiger partial charge in [-0.3, -0.25) is 4.79 Å². The van der Waals surface area contributed by atoms with Crippen molar-refractivity contribution in [1.29, 1.82) is 0 Å². The number of piperidine rings is 1. The van der Waals surface area contributed by atoms with Gasteiger partial charge >= 0.3 is 0 Å². The summed E-state index contributed by atoms with van der Waals surface area (Å²) in [7, 11) is 1.71. The summed E-state index contributed by atoms with van der Waals surface area (Å²) in [6.07, 6.45) is 1.95. The number of carbonyl (C=O) groups excluding carboxylic acids is 1. The van der Waals surface area contributed by atoms with E-state index in [9.17, 15) is 4.79 Å². The van der Waals surface area contributed by atoms with E-state index in [1.807, 2.05) is 23.1 Å². The first-order valence-electron chi connectivity index (χ1n) is 7.47. The molecule has 1 saturated heterocycles. The van der Waals surface area contributed by atoms with Gasteiger partial charge in [0.25, 0.3) is 5.91 Å². The van der Waals surface area contributed by atoms with Crippen LogP contribution in [0.3, 0.4) is 0 Å². The zero-order valence-electron chi connectivity index (χ0n) is 12.6. The van der Waals surface area contributed by atoms with Crippen molar-refractivity contribution in [2.24, 2.45) is 0 Å². The van der Waals surface area contributed by atoms with Crippen molar-refractivity contribution in [3.05, 3.63) is 23.8 Å². The van der Waals surface area contributed by atoms with E-state index < -0.39 is 0 Å². The number of ether oxygens (including phenoxy) is 2. The van der Waals surface area contributed by atoms with Gasteiger partial charge in [-0.2, -0.15) is 0 Å². The first-order valence-corrected chi connectivity index (χ1v) is 7.47. The standard InChI is InChI=1S/C16H22N2O3/c1-16(20-2)7-4-9-18(11-16)15(19)12-5-3-6-13-14(12)21-10-8-17-13/h3,5-6,17H,4,7-11H2,1-2H3. The number of carbonyl (C=O) groups is 1. The van der Waals surface area contributed by atoms with E-state index >= 15 is 0 Å². The van der Waals surface area contributed by atoms with E-state index in [2.05, 4.69) is 12.2 Å². The predicted molar refractivity (Wildman–Crippen MR) is 81.0 cm³/mol. The molecule has 0 bridgehead atoms. The van der Waals surface area contributed by atoms with Crippen molar-refractivity contribution in [3.8, 4) is 5.75 Å². The minimum Gasteiger partial charge on any atom is -0.489 e. The molecule has 0 aromatic heterocycles. The third-order valence-electron chi connectivity index (χ3n) is 4.35. The van der Waals surface area contributed by atoms with E-state index in [0.717, 1.165) is 31.6 Å². The average molecular weight is 290 g/mol. The van der Waals surface area contributed by atoms with Crippen LogP contribution in [0.2, 0.25) is 0 Å². The Labute approximate surface area is 125 Å². The zero-order chi connectivity index (χ0) is 14.9. The van der Waals surface area contributed by atoms with Gasteiger partial charge in [0.1, 0.15) is 6.61 Å². The number of hydrogen-bond donors (Lipinski definition) is 1. The third-order valence-corrected chi connectivity index (χ3v) is 4.35. The van der Waals surface area contributed by atoms with Crippen LogP contribution in [0.5, 0.6) is 5.75 Å². The van der Waals surface area contributed by atoms with Crippen molar-refractivity contribution in [2.75, 3.05) is 38.7 Å². The minimum absolute atomic E-state index is 0.0264. The quantitative estimate of drug-likeness (QED) is 0.906. The lowest BCUT2D eigenvalue weighted by atomic mass is 9.94. The normalized spacial score (nSPS) is 24.8. The minimum atomic E-state index is -0.248. The van der Waals surface area contributed by atoms with Gasteiger partial charge in [-0.25, -0.2) is 0 Å². The van der Waals surface area contributed by atoms with E-state index in [4.69, 9.17) is 9.47 Å². The molecule has 0 aliphatic carbocycles. The number of para-hydroxylation sites is 1. The molecule has 0 saturated carbocycles. The van der Waals surface area contributed by atoms with Crippen LogP contribution in [0, 0.1) is 0 Å². The van der Waals surface area contributed by atoms with E-state index in [-0.39, 0.29) is 11.5 Å². The van der Waals surface area contributed by atoms with Crippen LogP contribution in [0.4, 0.5) is 5.69 Å². The van der Waals surface area contributed by atoms with Crippen molar-refractivity contribution >= 4 is 11.6 Å². The highest BCUT2D eigenvalue weighted by atomic mass is 16.5. The summed E-state index contributed by atoms with van der Waals surface area (Å²) in [5.74, 6) is 0.706. The molecule has 0 spiro atoms. The lowest BCUT2D eigenvalue weighted by Crippen LogP contribution is -2.49. The molecule has 2 aliphatic rings. The largest absolute Gasteiger partial charge is 0.489 e. The zero-order valence-corrected chi connectivity index (χ0v) is 12.6. The number of anilines is 1.